The molecule has 5 nitrogen and oxygen atoms in total. The molecule has 1 fully saturated rings. The van der Waals surface area contributed by atoms with E-state index in [1.165, 1.54) is 0 Å². The molecule has 2 N–H and O–H groups in total. The van der Waals surface area contributed by atoms with E-state index >= 15 is 0 Å². The molecule has 1 aliphatic rings. The number of amides is 1. The van der Waals surface area contributed by atoms with E-state index in [0.717, 1.165) is 31.3 Å². The summed E-state index contributed by atoms with van der Waals surface area (Å²) in [6.45, 7) is 3.29. The molecule has 0 aromatic heterocycles. The number of aliphatic hydroxyl groups is 1. The second kappa shape index (κ2) is 8.17. The molecule has 1 atom stereocenters. The Morgan fingerprint density at radius 2 is 2.09 bits per heavy atom. The Bertz CT molecular complexity index is 508. The van der Waals surface area contributed by atoms with Gasteiger partial charge in [0.15, 0.2) is 0 Å². The third kappa shape index (κ3) is 5.32. The zero-order valence-electron chi connectivity index (χ0n) is 12.2. The predicted octanol–water partition coefficient (Wildman–Crippen LogP) is 0.317. The number of carbonyl (C=O) groups excluding carboxylic acids is 1. The summed E-state index contributed by atoms with van der Waals surface area (Å²) in [5.74, 6) is -1.66. The molecule has 1 saturated heterocycles. The van der Waals surface area contributed by atoms with E-state index in [2.05, 4.69) is 5.32 Å². The van der Waals surface area contributed by atoms with Crippen molar-refractivity contribution in [1.82, 2.24) is 10.2 Å². The molecule has 0 spiro atoms. The molecular weight excluding hydrogens is 294 g/mol. The highest BCUT2D eigenvalue weighted by Gasteiger charge is 2.16. The normalized spacial score (nSPS) is 17.2. The van der Waals surface area contributed by atoms with Crippen molar-refractivity contribution in [2.24, 2.45) is 0 Å². The van der Waals surface area contributed by atoms with Gasteiger partial charge in [-0.05, 0) is 18.2 Å². The molecule has 1 amide bonds. The Kier molecular flexibility index (Phi) is 6.23. The van der Waals surface area contributed by atoms with Gasteiger partial charge in [0.05, 0.1) is 25.7 Å². The fourth-order valence-corrected chi connectivity index (χ4v) is 2.29. The number of hydrogen-bond donors (Lipinski definition) is 2. The molecule has 1 aromatic rings. The predicted molar refractivity (Wildman–Crippen MR) is 76.3 cm³/mol. The molecule has 0 radical (unpaired) electrons. The van der Waals surface area contributed by atoms with Crippen molar-refractivity contribution in [3.8, 4) is 0 Å². The molecular formula is C15H20F2N2O3. The minimum Gasteiger partial charge on any atom is -0.390 e. The first-order valence-electron chi connectivity index (χ1n) is 7.23. The third-order valence-electron chi connectivity index (χ3n) is 3.47. The molecule has 0 saturated carbocycles. The van der Waals surface area contributed by atoms with Crippen LogP contribution >= 0.6 is 0 Å². The second-order valence-corrected chi connectivity index (χ2v) is 5.28. The number of β-amino-alcohol motifs (C(OH)–C–C–N with tert-alkyl or cyclic N) is 1. The number of morpholine rings is 1. The molecule has 22 heavy (non-hydrogen) atoms. The van der Waals surface area contributed by atoms with E-state index in [1.54, 1.807) is 0 Å². The first-order valence-corrected chi connectivity index (χ1v) is 7.23. The largest absolute Gasteiger partial charge is 0.390 e. The number of hydrogen-bond acceptors (Lipinski definition) is 4. The number of benzene rings is 1. The lowest BCUT2D eigenvalue weighted by atomic mass is 10.1. The summed E-state index contributed by atoms with van der Waals surface area (Å²) in [4.78, 5) is 13.8. The van der Waals surface area contributed by atoms with Gasteiger partial charge in [-0.15, -0.1) is 0 Å². The van der Waals surface area contributed by atoms with Gasteiger partial charge in [-0.3, -0.25) is 9.69 Å². The summed E-state index contributed by atoms with van der Waals surface area (Å²) >= 11 is 0. The van der Waals surface area contributed by atoms with E-state index in [1.807, 2.05) is 4.90 Å². The van der Waals surface area contributed by atoms with Crippen LogP contribution in [0, 0.1) is 11.6 Å². The first-order chi connectivity index (χ1) is 10.5. The van der Waals surface area contributed by atoms with Gasteiger partial charge in [-0.2, -0.15) is 0 Å². The van der Waals surface area contributed by atoms with E-state index in [0.29, 0.717) is 19.8 Å². The monoisotopic (exact) mass is 314 g/mol. The Morgan fingerprint density at radius 1 is 1.36 bits per heavy atom. The number of halogens is 2. The van der Waals surface area contributed by atoms with Crippen molar-refractivity contribution in [3.05, 3.63) is 35.4 Å². The summed E-state index contributed by atoms with van der Waals surface area (Å²) in [6.07, 6.45) is -0.965. The van der Waals surface area contributed by atoms with Crippen LogP contribution in [0.1, 0.15) is 5.56 Å². The van der Waals surface area contributed by atoms with E-state index in [9.17, 15) is 18.7 Å². The SMILES string of the molecule is O=C(Cc1cc(F)ccc1F)NCC(O)CN1CCOCC1. The molecule has 1 aromatic carbocycles. The summed E-state index contributed by atoms with van der Waals surface area (Å²) < 4.78 is 31.6. The summed E-state index contributed by atoms with van der Waals surface area (Å²) in [5.41, 5.74) is 0.000157. The van der Waals surface area contributed by atoms with Crippen molar-refractivity contribution >= 4 is 5.91 Å². The van der Waals surface area contributed by atoms with Crippen LogP contribution in [0.4, 0.5) is 8.78 Å². The van der Waals surface area contributed by atoms with Crippen LogP contribution in [-0.4, -0.2) is 61.4 Å². The maximum Gasteiger partial charge on any atom is 0.224 e. The van der Waals surface area contributed by atoms with E-state index in [4.69, 9.17) is 4.74 Å². The van der Waals surface area contributed by atoms with Crippen molar-refractivity contribution in [2.75, 3.05) is 39.4 Å². The van der Waals surface area contributed by atoms with Crippen LogP contribution in [0.2, 0.25) is 0 Å². The number of aliphatic hydroxyl groups excluding tert-OH is 1. The molecule has 7 heteroatoms. The highest BCUT2D eigenvalue weighted by Crippen LogP contribution is 2.10. The summed E-state index contributed by atoms with van der Waals surface area (Å²) in [6, 6.07) is 2.99. The van der Waals surface area contributed by atoms with Gasteiger partial charge in [0.25, 0.3) is 0 Å². The number of ether oxygens (including phenoxy) is 1. The Labute approximate surface area is 127 Å². The van der Waals surface area contributed by atoms with Gasteiger partial charge in [0.1, 0.15) is 11.6 Å². The fraction of sp³-hybridized carbons (Fsp3) is 0.533. The Balaban J connectivity index is 1.73. The fourth-order valence-electron chi connectivity index (χ4n) is 2.29. The maximum absolute atomic E-state index is 13.4. The number of rotatable bonds is 6. The third-order valence-corrected chi connectivity index (χ3v) is 3.47. The molecule has 2 rings (SSSR count). The van der Waals surface area contributed by atoms with Gasteiger partial charge >= 0.3 is 0 Å². The van der Waals surface area contributed by atoms with Crippen LogP contribution < -0.4 is 5.32 Å². The van der Waals surface area contributed by atoms with Crippen molar-refractivity contribution in [2.45, 2.75) is 12.5 Å². The first kappa shape index (κ1) is 16.8. The second-order valence-electron chi connectivity index (χ2n) is 5.28. The van der Waals surface area contributed by atoms with E-state index in [-0.39, 0.29) is 18.5 Å². The molecule has 0 aliphatic carbocycles. The Morgan fingerprint density at radius 3 is 2.82 bits per heavy atom. The van der Waals surface area contributed by atoms with E-state index < -0.39 is 23.6 Å². The highest BCUT2D eigenvalue weighted by atomic mass is 19.1. The van der Waals surface area contributed by atoms with Gasteiger partial charge in [0, 0.05) is 31.7 Å². The number of nitrogens with zero attached hydrogens (tertiary/aromatic N) is 1. The zero-order valence-corrected chi connectivity index (χ0v) is 12.2. The lowest BCUT2D eigenvalue weighted by Crippen LogP contribution is -2.44. The van der Waals surface area contributed by atoms with Crippen molar-refractivity contribution < 1.29 is 23.4 Å². The van der Waals surface area contributed by atoms with Crippen LogP contribution in [0.25, 0.3) is 0 Å². The van der Waals surface area contributed by atoms with Gasteiger partial charge in [-0.1, -0.05) is 0 Å². The zero-order chi connectivity index (χ0) is 15.9. The van der Waals surface area contributed by atoms with Crippen LogP contribution in [0.5, 0.6) is 0 Å². The Hall–Kier alpha value is -1.57. The van der Waals surface area contributed by atoms with Gasteiger partial charge in [-0.25, -0.2) is 8.78 Å². The number of nitrogens with one attached hydrogen (secondary N) is 1. The molecule has 1 heterocycles. The quantitative estimate of drug-likeness (QED) is 0.794. The molecule has 122 valence electrons. The lowest BCUT2D eigenvalue weighted by Gasteiger charge is -2.28. The average molecular weight is 314 g/mol. The summed E-state index contributed by atoms with van der Waals surface area (Å²) in [5, 5.41) is 12.4. The standard InChI is InChI=1S/C15H20F2N2O3/c16-12-1-2-14(17)11(7-12)8-15(21)18-9-13(20)10-19-3-5-22-6-4-19/h1-2,7,13,20H,3-6,8-10H2,(H,18,21). The smallest absolute Gasteiger partial charge is 0.224 e. The topological polar surface area (TPSA) is 61.8 Å². The molecule has 0 bridgehead atoms. The lowest BCUT2D eigenvalue weighted by molar-refractivity contribution is -0.121. The van der Waals surface area contributed by atoms with Crippen LogP contribution in [0.3, 0.4) is 0 Å². The van der Waals surface area contributed by atoms with Crippen molar-refractivity contribution in [3.63, 3.8) is 0 Å². The van der Waals surface area contributed by atoms with Crippen molar-refractivity contribution in [1.29, 1.82) is 0 Å². The summed E-state index contributed by atoms with van der Waals surface area (Å²) in [7, 11) is 0. The van der Waals surface area contributed by atoms with Gasteiger partial charge < -0.3 is 15.2 Å². The minimum absolute atomic E-state index is 0.000157. The van der Waals surface area contributed by atoms with Gasteiger partial charge in [0.2, 0.25) is 5.91 Å². The van der Waals surface area contributed by atoms with Crippen LogP contribution in [-0.2, 0) is 16.0 Å². The maximum atomic E-state index is 13.4. The molecule has 1 aliphatic heterocycles. The average Bonchev–Trinajstić information content (AvgIpc) is 2.50. The highest BCUT2D eigenvalue weighted by molar-refractivity contribution is 5.78. The number of carbonyl (C=O) groups is 1. The van der Waals surface area contributed by atoms with Crippen LogP contribution in [0.15, 0.2) is 18.2 Å². The minimum atomic E-state index is -0.709. The molecule has 1 unspecified atom stereocenters.